The van der Waals surface area contributed by atoms with Gasteiger partial charge in [0.1, 0.15) is 5.41 Å². The number of non-ortho nitro benzene ring substituents is 1. The third-order valence-corrected chi connectivity index (χ3v) is 7.86. The number of nitrogens with zero attached hydrogens (tertiary/aromatic N) is 2. The van der Waals surface area contributed by atoms with Crippen molar-refractivity contribution in [3.8, 4) is 0 Å². The Balaban J connectivity index is 1.68. The van der Waals surface area contributed by atoms with E-state index in [2.05, 4.69) is 0 Å². The van der Waals surface area contributed by atoms with Gasteiger partial charge in [0.15, 0.2) is 17.3 Å². The third-order valence-electron chi connectivity index (χ3n) is 7.62. The van der Waals surface area contributed by atoms with Crippen LogP contribution in [0, 0.1) is 15.5 Å². The number of carbonyl (C=O) groups is 3. The predicted molar refractivity (Wildman–Crippen MR) is 135 cm³/mol. The summed E-state index contributed by atoms with van der Waals surface area (Å²) in [6.07, 6.45) is 3.61. The van der Waals surface area contributed by atoms with Gasteiger partial charge in [0, 0.05) is 39.9 Å². The Labute approximate surface area is 211 Å². The number of fused-ring (bicyclic) bond motifs is 5. The van der Waals surface area contributed by atoms with Crippen LogP contribution in [0.3, 0.4) is 0 Å². The molecule has 0 unspecified atom stereocenters. The van der Waals surface area contributed by atoms with E-state index in [9.17, 15) is 24.5 Å². The van der Waals surface area contributed by atoms with Gasteiger partial charge in [0.2, 0.25) is 0 Å². The molecule has 6 rings (SSSR count). The Morgan fingerprint density at radius 1 is 1.00 bits per heavy atom. The van der Waals surface area contributed by atoms with Crippen molar-refractivity contribution in [3.05, 3.63) is 110 Å². The Hall–Kier alpha value is -4.10. The maximum atomic E-state index is 14.3. The first-order valence-corrected chi connectivity index (χ1v) is 11.8. The number of anilines is 1. The molecule has 1 saturated heterocycles. The van der Waals surface area contributed by atoms with E-state index in [1.807, 2.05) is 11.0 Å². The number of hydrogen-bond acceptors (Lipinski definition) is 6. The van der Waals surface area contributed by atoms with Crippen LogP contribution >= 0.6 is 11.6 Å². The largest absolute Gasteiger partial charge is 0.352 e. The zero-order valence-electron chi connectivity index (χ0n) is 19.1. The van der Waals surface area contributed by atoms with Crippen molar-refractivity contribution in [2.45, 2.75) is 24.9 Å². The van der Waals surface area contributed by atoms with Crippen LogP contribution in [0.1, 0.15) is 44.7 Å². The van der Waals surface area contributed by atoms with Gasteiger partial charge in [-0.2, -0.15) is 0 Å². The molecule has 3 aromatic carbocycles. The summed E-state index contributed by atoms with van der Waals surface area (Å²) < 4.78 is 0. The molecule has 0 amide bonds. The summed E-state index contributed by atoms with van der Waals surface area (Å²) >= 11 is 6.23. The Morgan fingerprint density at radius 3 is 2.33 bits per heavy atom. The van der Waals surface area contributed by atoms with Gasteiger partial charge in [-0.05, 0) is 36.2 Å². The van der Waals surface area contributed by atoms with Crippen LogP contribution in [0.25, 0.3) is 6.08 Å². The van der Waals surface area contributed by atoms with Crippen molar-refractivity contribution in [2.24, 2.45) is 5.41 Å². The summed E-state index contributed by atoms with van der Waals surface area (Å²) in [5.41, 5.74) is 0.606. The van der Waals surface area contributed by atoms with Gasteiger partial charge < -0.3 is 4.90 Å². The first-order valence-electron chi connectivity index (χ1n) is 11.5. The van der Waals surface area contributed by atoms with Crippen LogP contribution in [-0.4, -0.2) is 34.4 Å². The summed E-state index contributed by atoms with van der Waals surface area (Å²) in [7, 11) is 0. The number of hydrogen-bond donors (Lipinski definition) is 0. The smallest absolute Gasteiger partial charge is 0.269 e. The van der Waals surface area contributed by atoms with Gasteiger partial charge in [0.05, 0.1) is 17.0 Å². The minimum absolute atomic E-state index is 0.173. The van der Waals surface area contributed by atoms with Gasteiger partial charge in [-0.3, -0.25) is 24.5 Å². The van der Waals surface area contributed by atoms with Crippen LogP contribution in [0.5, 0.6) is 0 Å². The Morgan fingerprint density at radius 2 is 1.69 bits per heavy atom. The van der Waals surface area contributed by atoms with Crippen molar-refractivity contribution in [1.82, 2.24) is 0 Å². The molecule has 8 heteroatoms. The summed E-state index contributed by atoms with van der Waals surface area (Å²) in [6.45, 7) is 1.43. The number of rotatable bonds is 3. The SMILES string of the molecule is CC(=O)[C@@H]1[C@H](c2cccc([N+](=O)[O-])c2)C2(C(=O)c3ccccc3C2=O)[C@@H]2C=Cc3cc(Cl)ccc3N12. The molecule has 1 aliphatic carbocycles. The summed E-state index contributed by atoms with van der Waals surface area (Å²) in [6, 6.07) is 16.1. The van der Waals surface area contributed by atoms with E-state index in [1.165, 1.54) is 25.1 Å². The summed E-state index contributed by atoms with van der Waals surface area (Å²) in [5.74, 6) is -1.94. The predicted octanol–water partition coefficient (Wildman–Crippen LogP) is 5.27. The number of halogens is 1. The lowest BCUT2D eigenvalue weighted by Gasteiger charge is -2.37. The Kier molecular flexibility index (Phi) is 4.78. The quantitative estimate of drug-likeness (QED) is 0.277. The average Bonchev–Trinajstić information content (AvgIpc) is 3.30. The zero-order chi connectivity index (χ0) is 25.4. The monoisotopic (exact) mass is 498 g/mol. The minimum atomic E-state index is -1.66. The lowest BCUT2D eigenvalue weighted by Crippen LogP contribution is -2.48. The molecule has 178 valence electrons. The molecule has 3 aliphatic rings. The molecule has 2 heterocycles. The maximum Gasteiger partial charge on any atom is 0.269 e. The fourth-order valence-corrected chi connectivity index (χ4v) is 6.49. The van der Waals surface area contributed by atoms with E-state index in [0.29, 0.717) is 27.4 Å². The topological polar surface area (TPSA) is 97.6 Å². The van der Waals surface area contributed by atoms with Crippen molar-refractivity contribution < 1.29 is 19.3 Å². The van der Waals surface area contributed by atoms with E-state index in [4.69, 9.17) is 11.6 Å². The van der Waals surface area contributed by atoms with Crippen molar-refractivity contribution in [3.63, 3.8) is 0 Å². The highest BCUT2D eigenvalue weighted by atomic mass is 35.5. The van der Waals surface area contributed by atoms with E-state index in [0.717, 1.165) is 5.56 Å². The van der Waals surface area contributed by atoms with Crippen LogP contribution in [0.15, 0.2) is 72.8 Å². The molecule has 0 aromatic heterocycles. The molecule has 7 nitrogen and oxygen atoms in total. The first kappa shape index (κ1) is 22.4. The standard InChI is InChI=1S/C28H19ClN2O5/c1-15(32)25-24(17-5-4-6-19(14-17)31(35)36)28(26(33)20-7-2-3-8-21(20)27(28)34)23-12-9-16-13-18(29)10-11-22(16)30(23)25/h2-14,23-25H,1H3/t23-,24-,25+/m0/s1. The first-order chi connectivity index (χ1) is 17.3. The van der Waals surface area contributed by atoms with Gasteiger partial charge in [-0.1, -0.05) is 60.2 Å². The van der Waals surface area contributed by atoms with Gasteiger partial charge >= 0.3 is 0 Å². The van der Waals surface area contributed by atoms with Gasteiger partial charge in [-0.15, -0.1) is 0 Å². The van der Waals surface area contributed by atoms with Crippen LogP contribution in [-0.2, 0) is 4.79 Å². The summed E-state index contributed by atoms with van der Waals surface area (Å²) in [4.78, 5) is 54.8. The van der Waals surface area contributed by atoms with E-state index < -0.39 is 28.3 Å². The van der Waals surface area contributed by atoms with Crippen molar-refractivity contribution in [2.75, 3.05) is 4.90 Å². The number of nitro benzene ring substituents is 1. The maximum absolute atomic E-state index is 14.3. The summed E-state index contributed by atoms with van der Waals surface area (Å²) in [5, 5.41) is 12.1. The minimum Gasteiger partial charge on any atom is -0.352 e. The number of benzene rings is 3. The van der Waals surface area contributed by atoms with Gasteiger partial charge in [0.25, 0.3) is 5.69 Å². The Bertz CT molecular complexity index is 1510. The highest BCUT2D eigenvalue weighted by molar-refractivity contribution is 6.32. The molecule has 0 bridgehead atoms. The molecular weight excluding hydrogens is 480 g/mol. The molecule has 3 atom stereocenters. The van der Waals surface area contributed by atoms with Crippen LogP contribution in [0.2, 0.25) is 5.02 Å². The number of nitro groups is 1. The molecule has 1 fully saturated rings. The molecular formula is C28H19ClN2O5. The average molecular weight is 499 g/mol. The highest BCUT2D eigenvalue weighted by Crippen LogP contribution is 2.60. The highest BCUT2D eigenvalue weighted by Gasteiger charge is 2.71. The molecule has 36 heavy (non-hydrogen) atoms. The second-order valence-corrected chi connectivity index (χ2v) is 9.81. The van der Waals surface area contributed by atoms with E-state index in [-0.39, 0.29) is 23.0 Å². The zero-order valence-corrected chi connectivity index (χ0v) is 19.8. The van der Waals surface area contributed by atoms with Crippen molar-refractivity contribution in [1.29, 1.82) is 0 Å². The third kappa shape index (κ3) is 2.77. The normalized spacial score (nSPS) is 22.9. The fourth-order valence-electron chi connectivity index (χ4n) is 6.31. The van der Waals surface area contributed by atoms with Crippen LogP contribution in [0.4, 0.5) is 11.4 Å². The molecule has 3 aromatic rings. The lowest BCUT2D eigenvalue weighted by atomic mass is 9.64. The number of carbonyl (C=O) groups excluding carboxylic acids is 3. The second kappa shape index (κ2) is 7.70. The molecule has 2 aliphatic heterocycles. The molecule has 0 radical (unpaired) electrons. The van der Waals surface area contributed by atoms with E-state index >= 15 is 0 Å². The van der Waals surface area contributed by atoms with Gasteiger partial charge in [-0.25, -0.2) is 0 Å². The van der Waals surface area contributed by atoms with Crippen molar-refractivity contribution >= 4 is 46.4 Å². The number of ketones is 3. The molecule has 0 N–H and O–H groups in total. The lowest BCUT2D eigenvalue weighted by molar-refractivity contribution is -0.384. The molecule has 0 saturated carbocycles. The fraction of sp³-hybridized carbons (Fsp3) is 0.179. The van der Waals surface area contributed by atoms with E-state index in [1.54, 1.807) is 54.6 Å². The molecule has 1 spiro atoms. The van der Waals surface area contributed by atoms with Crippen LogP contribution < -0.4 is 4.90 Å². The second-order valence-electron chi connectivity index (χ2n) is 9.37. The number of Topliss-reactive ketones (excluding diaryl/α,β-unsaturated/α-hetero) is 3.